The number of hydrogen-bond donors (Lipinski definition) is 2. The van der Waals surface area contributed by atoms with E-state index in [1.807, 2.05) is 4.90 Å². The molecule has 0 saturated carbocycles. The first-order valence-corrected chi connectivity index (χ1v) is 7.12. The van der Waals surface area contributed by atoms with Crippen LogP contribution in [0.3, 0.4) is 0 Å². The average molecular weight is 284 g/mol. The number of nitrogens with zero attached hydrogens (tertiary/aromatic N) is 1. The van der Waals surface area contributed by atoms with Gasteiger partial charge in [-0.05, 0) is 18.6 Å². The second kappa shape index (κ2) is 5.90. The van der Waals surface area contributed by atoms with E-state index in [4.69, 9.17) is 10.8 Å². The molecule has 2 rings (SSSR count). The Morgan fingerprint density at radius 3 is 2.89 bits per heavy atom. The van der Waals surface area contributed by atoms with E-state index in [1.54, 1.807) is 18.2 Å². The van der Waals surface area contributed by atoms with E-state index >= 15 is 0 Å². The molecule has 0 aliphatic carbocycles. The average Bonchev–Trinajstić information content (AvgIpc) is 2.75. The van der Waals surface area contributed by atoms with Crippen molar-refractivity contribution in [1.29, 1.82) is 0 Å². The van der Waals surface area contributed by atoms with Crippen molar-refractivity contribution in [2.45, 2.75) is 16.9 Å². The molecule has 1 aliphatic rings. The summed E-state index contributed by atoms with van der Waals surface area (Å²) in [7, 11) is 0. The highest BCUT2D eigenvalue weighted by Crippen LogP contribution is 2.23. The molecule has 1 unspecified atom stereocenters. The van der Waals surface area contributed by atoms with Crippen LogP contribution in [0, 0.1) is 5.82 Å². The van der Waals surface area contributed by atoms with Gasteiger partial charge in [0.2, 0.25) is 0 Å². The first-order valence-electron chi connectivity index (χ1n) is 6.13. The topological polar surface area (TPSA) is 66.6 Å². The molecule has 0 radical (unpaired) electrons. The third-order valence-electron chi connectivity index (χ3n) is 3.31. The predicted molar refractivity (Wildman–Crippen MR) is 72.7 cm³/mol. The molecule has 1 atom stereocenters. The molecule has 0 aromatic heterocycles. The lowest BCUT2D eigenvalue weighted by Crippen LogP contribution is -2.50. The summed E-state index contributed by atoms with van der Waals surface area (Å²) in [6.07, 6.45) is 0.465. The molecule has 0 bridgehead atoms. The molecule has 1 aromatic rings. The lowest BCUT2D eigenvalue weighted by molar-refractivity contribution is -0.142. The molecule has 1 heterocycles. The number of halogens is 1. The summed E-state index contributed by atoms with van der Waals surface area (Å²) in [5, 5.41) is 9.02. The summed E-state index contributed by atoms with van der Waals surface area (Å²) in [6, 6.07) is 6.65. The van der Waals surface area contributed by atoms with Crippen molar-refractivity contribution in [3.05, 3.63) is 30.1 Å². The lowest BCUT2D eigenvalue weighted by Gasteiger charge is -2.19. The van der Waals surface area contributed by atoms with Crippen LogP contribution in [0.25, 0.3) is 0 Å². The Balaban J connectivity index is 1.79. The van der Waals surface area contributed by atoms with Crippen molar-refractivity contribution in [2.24, 2.45) is 5.73 Å². The highest BCUT2D eigenvalue weighted by molar-refractivity contribution is 7.99. The number of nitrogens with two attached hydrogens (primary N) is 1. The second-order valence-electron chi connectivity index (χ2n) is 4.77. The Bertz CT molecular complexity index is 472. The minimum atomic E-state index is -1.12. The molecule has 0 amide bonds. The van der Waals surface area contributed by atoms with E-state index in [2.05, 4.69) is 0 Å². The van der Waals surface area contributed by atoms with Crippen LogP contribution in [0.1, 0.15) is 6.42 Å². The van der Waals surface area contributed by atoms with Gasteiger partial charge in [-0.3, -0.25) is 9.69 Å². The van der Waals surface area contributed by atoms with Gasteiger partial charge in [0.25, 0.3) is 0 Å². The maximum Gasteiger partial charge on any atom is 0.325 e. The van der Waals surface area contributed by atoms with Gasteiger partial charge in [0.1, 0.15) is 11.4 Å². The van der Waals surface area contributed by atoms with Crippen LogP contribution in [0.15, 0.2) is 29.2 Å². The Labute approximate surface area is 115 Å². The number of likely N-dealkylation sites (tertiary alicyclic amines) is 1. The molecule has 104 valence electrons. The normalized spacial score (nSPS) is 23.7. The quantitative estimate of drug-likeness (QED) is 0.800. The number of hydrogen-bond acceptors (Lipinski definition) is 4. The van der Waals surface area contributed by atoms with Crippen molar-refractivity contribution in [3.63, 3.8) is 0 Å². The zero-order chi connectivity index (χ0) is 13.9. The lowest BCUT2D eigenvalue weighted by atomic mass is 10.0. The predicted octanol–water partition coefficient (Wildman–Crippen LogP) is 1.41. The van der Waals surface area contributed by atoms with Gasteiger partial charge in [-0.2, -0.15) is 0 Å². The van der Waals surface area contributed by atoms with E-state index in [0.717, 1.165) is 5.75 Å². The molecule has 1 aliphatic heterocycles. The van der Waals surface area contributed by atoms with Crippen molar-refractivity contribution < 1.29 is 14.3 Å². The van der Waals surface area contributed by atoms with Crippen molar-refractivity contribution >= 4 is 17.7 Å². The minimum Gasteiger partial charge on any atom is -0.480 e. The third kappa shape index (κ3) is 3.46. The Morgan fingerprint density at radius 2 is 2.26 bits per heavy atom. The van der Waals surface area contributed by atoms with Gasteiger partial charge in [0.15, 0.2) is 0 Å². The Morgan fingerprint density at radius 1 is 1.53 bits per heavy atom. The Kier molecular flexibility index (Phi) is 4.44. The Hall–Kier alpha value is -1.11. The van der Waals surface area contributed by atoms with Crippen LogP contribution in [-0.2, 0) is 4.79 Å². The molecule has 3 N–H and O–H groups in total. The van der Waals surface area contributed by atoms with Crippen LogP contribution >= 0.6 is 11.8 Å². The SMILES string of the molecule is NC1(C(=O)O)CCN(CCSc2ccccc2F)C1. The molecule has 1 saturated heterocycles. The number of benzene rings is 1. The van der Waals surface area contributed by atoms with Gasteiger partial charge >= 0.3 is 5.97 Å². The number of carbonyl (C=O) groups is 1. The van der Waals surface area contributed by atoms with E-state index in [1.165, 1.54) is 17.8 Å². The summed E-state index contributed by atoms with van der Waals surface area (Å²) >= 11 is 1.44. The number of thioether (sulfide) groups is 1. The van der Waals surface area contributed by atoms with E-state index < -0.39 is 11.5 Å². The van der Waals surface area contributed by atoms with Gasteiger partial charge < -0.3 is 10.8 Å². The fourth-order valence-electron chi connectivity index (χ4n) is 2.13. The minimum absolute atomic E-state index is 0.215. The third-order valence-corrected chi connectivity index (χ3v) is 4.34. The summed E-state index contributed by atoms with van der Waals surface area (Å²) < 4.78 is 13.4. The number of aliphatic carboxylic acids is 1. The van der Waals surface area contributed by atoms with E-state index in [9.17, 15) is 9.18 Å². The fraction of sp³-hybridized carbons (Fsp3) is 0.462. The zero-order valence-corrected chi connectivity index (χ0v) is 11.3. The largest absolute Gasteiger partial charge is 0.480 e. The molecule has 19 heavy (non-hydrogen) atoms. The highest BCUT2D eigenvalue weighted by Gasteiger charge is 2.40. The zero-order valence-electron chi connectivity index (χ0n) is 10.5. The monoisotopic (exact) mass is 284 g/mol. The molecule has 0 spiro atoms. The van der Waals surface area contributed by atoms with Gasteiger partial charge in [-0.25, -0.2) is 4.39 Å². The summed E-state index contributed by atoms with van der Waals surface area (Å²) in [5.41, 5.74) is 4.67. The standard InChI is InChI=1S/C13H17FN2O2S/c14-10-3-1-2-4-11(10)19-8-7-16-6-5-13(15,9-16)12(17)18/h1-4H,5-9,15H2,(H,17,18). The van der Waals surface area contributed by atoms with Gasteiger partial charge in [-0.1, -0.05) is 12.1 Å². The van der Waals surface area contributed by atoms with E-state index in [0.29, 0.717) is 31.0 Å². The summed E-state index contributed by atoms with van der Waals surface area (Å²) in [4.78, 5) is 13.6. The molecule has 6 heteroatoms. The smallest absolute Gasteiger partial charge is 0.325 e. The summed E-state index contributed by atoms with van der Waals surface area (Å²) in [5.74, 6) is -0.444. The van der Waals surface area contributed by atoms with Crippen LogP contribution in [0.5, 0.6) is 0 Å². The molecule has 1 fully saturated rings. The highest BCUT2D eigenvalue weighted by atomic mass is 32.2. The van der Waals surface area contributed by atoms with Crippen LogP contribution < -0.4 is 5.73 Å². The maximum absolute atomic E-state index is 13.4. The maximum atomic E-state index is 13.4. The van der Waals surface area contributed by atoms with Crippen molar-refractivity contribution in [1.82, 2.24) is 4.90 Å². The first-order chi connectivity index (χ1) is 9.01. The number of carboxylic acid groups (broad SMARTS) is 1. The first kappa shape index (κ1) is 14.3. The second-order valence-corrected chi connectivity index (χ2v) is 5.90. The number of rotatable bonds is 5. The summed E-state index contributed by atoms with van der Waals surface area (Å²) in [6.45, 7) is 1.76. The van der Waals surface area contributed by atoms with Crippen LogP contribution in [-0.4, -0.2) is 46.9 Å². The molecule has 1 aromatic carbocycles. The van der Waals surface area contributed by atoms with Gasteiger partial charge in [0, 0.05) is 30.3 Å². The fourth-order valence-corrected chi connectivity index (χ4v) is 3.08. The van der Waals surface area contributed by atoms with E-state index in [-0.39, 0.29) is 5.82 Å². The molecular weight excluding hydrogens is 267 g/mol. The van der Waals surface area contributed by atoms with Crippen molar-refractivity contribution in [2.75, 3.05) is 25.4 Å². The number of carboxylic acids is 1. The van der Waals surface area contributed by atoms with Gasteiger partial charge in [-0.15, -0.1) is 11.8 Å². The molecule has 4 nitrogen and oxygen atoms in total. The van der Waals surface area contributed by atoms with Crippen LogP contribution in [0.2, 0.25) is 0 Å². The van der Waals surface area contributed by atoms with Crippen LogP contribution in [0.4, 0.5) is 4.39 Å². The van der Waals surface area contributed by atoms with Gasteiger partial charge in [0.05, 0.1) is 0 Å². The molecular formula is C13H17FN2O2S. The van der Waals surface area contributed by atoms with Crippen molar-refractivity contribution in [3.8, 4) is 0 Å².